The van der Waals surface area contributed by atoms with Crippen molar-refractivity contribution in [3.05, 3.63) is 35.4 Å². The third-order valence-corrected chi connectivity index (χ3v) is 4.78. The third kappa shape index (κ3) is 3.85. The molecule has 21 heavy (non-hydrogen) atoms. The van der Waals surface area contributed by atoms with E-state index in [2.05, 4.69) is 41.4 Å². The monoisotopic (exact) mass is 288 g/mol. The van der Waals surface area contributed by atoms with Gasteiger partial charge < -0.3 is 10.1 Å². The van der Waals surface area contributed by atoms with E-state index in [0.717, 1.165) is 32.8 Å². The number of hydrogen-bond acceptors (Lipinski definition) is 3. The van der Waals surface area contributed by atoms with Gasteiger partial charge in [-0.15, -0.1) is 0 Å². The van der Waals surface area contributed by atoms with Gasteiger partial charge in [0, 0.05) is 25.0 Å². The molecule has 0 radical (unpaired) electrons. The minimum absolute atomic E-state index is 0.545. The van der Waals surface area contributed by atoms with Crippen molar-refractivity contribution in [2.45, 2.75) is 38.8 Å². The van der Waals surface area contributed by atoms with E-state index in [1.807, 2.05) is 0 Å². The van der Waals surface area contributed by atoms with Crippen LogP contribution in [0.1, 0.15) is 30.9 Å². The highest BCUT2D eigenvalue weighted by Crippen LogP contribution is 2.22. The van der Waals surface area contributed by atoms with Gasteiger partial charge in [0.2, 0.25) is 0 Å². The van der Waals surface area contributed by atoms with Crippen LogP contribution in [0.4, 0.5) is 0 Å². The second-order valence-corrected chi connectivity index (χ2v) is 6.47. The summed E-state index contributed by atoms with van der Waals surface area (Å²) in [5.74, 6) is 0.641. The first-order chi connectivity index (χ1) is 10.4. The van der Waals surface area contributed by atoms with Crippen LogP contribution in [0.3, 0.4) is 0 Å². The number of benzene rings is 1. The van der Waals surface area contributed by atoms with Gasteiger partial charge in [0.15, 0.2) is 0 Å². The molecular weight excluding hydrogens is 260 g/mol. The van der Waals surface area contributed by atoms with Crippen molar-refractivity contribution < 1.29 is 4.74 Å². The lowest BCUT2D eigenvalue weighted by atomic mass is 10.0. The first-order valence-corrected chi connectivity index (χ1v) is 8.47. The highest BCUT2D eigenvalue weighted by molar-refractivity contribution is 5.28. The summed E-state index contributed by atoms with van der Waals surface area (Å²) in [5.41, 5.74) is 3.07. The lowest BCUT2D eigenvalue weighted by Gasteiger charge is -2.27. The molecule has 3 rings (SSSR count). The van der Waals surface area contributed by atoms with Crippen LogP contribution in [-0.2, 0) is 17.7 Å². The molecule has 0 spiro atoms. The number of nitrogens with zero attached hydrogens (tertiary/aromatic N) is 1. The zero-order chi connectivity index (χ0) is 14.5. The molecule has 116 valence electrons. The molecule has 0 saturated carbocycles. The second kappa shape index (κ2) is 7.39. The van der Waals surface area contributed by atoms with E-state index in [4.69, 9.17) is 4.74 Å². The third-order valence-electron chi connectivity index (χ3n) is 4.78. The summed E-state index contributed by atoms with van der Waals surface area (Å²) in [6.07, 6.45) is 3.70. The minimum Gasteiger partial charge on any atom is -0.379 e. The average molecular weight is 288 g/mol. The fraction of sp³-hybridized carbons (Fsp3) is 0.667. The number of ether oxygens (including phenoxy) is 1. The van der Waals surface area contributed by atoms with Crippen LogP contribution in [0.25, 0.3) is 0 Å². The Kier molecular flexibility index (Phi) is 5.28. The zero-order valence-corrected chi connectivity index (χ0v) is 13.2. The molecule has 0 aliphatic carbocycles. The fourth-order valence-electron chi connectivity index (χ4n) is 3.59. The van der Waals surface area contributed by atoms with E-state index in [1.54, 1.807) is 5.56 Å². The molecule has 1 saturated heterocycles. The van der Waals surface area contributed by atoms with Gasteiger partial charge in [0.05, 0.1) is 13.2 Å². The first-order valence-electron chi connectivity index (χ1n) is 8.47. The van der Waals surface area contributed by atoms with Gasteiger partial charge in [0.1, 0.15) is 0 Å². The van der Waals surface area contributed by atoms with Gasteiger partial charge in [-0.05, 0) is 43.5 Å². The lowest BCUT2D eigenvalue weighted by Crippen LogP contribution is -2.42. The Hall–Kier alpha value is -0.900. The van der Waals surface area contributed by atoms with Crippen LogP contribution >= 0.6 is 0 Å². The number of fused-ring (bicyclic) bond motifs is 1. The first kappa shape index (κ1) is 15.0. The van der Waals surface area contributed by atoms with Crippen LogP contribution in [0, 0.1) is 5.92 Å². The molecule has 2 aliphatic heterocycles. The Balaban J connectivity index is 1.60. The molecule has 2 unspecified atom stereocenters. The van der Waals surface area contributed by atoms with Crippen molar-refractivity contribution in [3.8, 4) is 0 Å². The molecule has 1 N–H and O–H groups in total. The summed E-state index contributed by atoms with van der Waals surface area (Å²) in [5, 5.41) is 3.65. The molecule has 3 nitrogen and oxygen atoms in total. The Morgan fingerprint density at radius 1 is 1.24 bits per heavy atom. The van der Waals surface area contributed by atoms with E-state index in [-0.39, 0.29) is 0 Å². The molecule has 0 aromatic heterocycles. The fourth-order valence-corrected chi connectivity index (χ4v) is 3.59. The number of aryl methyl sites for hydroxylation is 1. The maximum atomic E-state index is 5.72. The van der Waals surface area contributed by atoms with E-state index in [0.29, 0.717) is 12.0 Å². The van der Waals surface area contributed by atoms with Crippen molar-refractivity contribution in [3.63, 3.8) is 0 Å². The predicted octanol–water partition coefficient (Wildman–Crippen LogP) is 2.45. The van der Waals surface area contributed by atoms with E-state index in [9.17, 15) is 0 Å². The topological polar surface area (TPSA) is 24.5 Å². The Morgan fingerprint density at radius 3 is 2.95 bits per heavy atom. The molecular formula is C18H28N2O. The molecule has 0 amide bonds. The summed E-state index contributed by atoms with van der Waals surface area (Å²) >= 11 is 0. The van der Waals surface area contributed by atoms with Gasteiger partial charge in [0.25, 0.3) is 0 Å². The largest absolute Gasteiger partial charge is 0.379 e. The normalized spacial score (nSPS) is 26.5. The van der Waals surface area contributed by atoms with Gasteiger partial charge in [-0.2, -0.15) is 0 Å². The zero-order valence-electron chi connectivity index (χ0n) is 13.2. The molecule has 2 atom stereocenters. The smallest absolute Gasteiger partial charge is 0.0623 e. The van der Waals surface area contributed by atoms with Gasteiger partial charge in [-0.1, -0.05) is 31.2 Å². The van der Waals surface area contributed by atoms with Gasteiger partial charge in [-0.3, -0.25) is 4.90 Å². The molecule has 1 aromatic carbocycles. The van der Waals surface area contributed by atoms with E-state index < -0.39 is 0 Å². The molecule has 1 aromatic rings. The molecule has 0 bridgehead atoms. The minimum atomic E-state index is 0.545. The summed E-state index contributed by atoms with van der Waals surface area (Å²) in [6.45, 7) is 8.61. The SMILES string of the molecule is CCCNC1COCC1CN1CCCc2ccccc2C1. The van der Waals surface area contributed by atoms with Crippen molar-refractivity contribution in [1.29, 1.82) is 0 Å². The Morgan fingerprint density at radius 2 is 2.10 bits per heavy atom. The highest BCUT2D eigenvalue weighted by atomic mass is 16.5. The molecule has 2 aliphatic rings. The number of hydrogen-bond donors (Lipinski definition) is 1. The van der Waals surface area contributed by atoms with Gasteiger partial charge >= 0.3 is 0 Å². The van der Waals surface area contributed by atoms with Gasteiger partial charge in [-0.25, -0.2) is 0 Å². The Bertz CT molecular complexity index is 449. The average Bonchev–Trinajstić information content (AvgIpc) is 2.83. The summed E-state index contributed by atoms with van der Waals surface area (Å²) in [4.78, 5) is 2.63. The van der Waals surface area contributed by atoms with Crippen LogP contribution in [-0.4, -0.2) is 43.8 Å². The summed E-state index contributed by atoms with van der Waals surface area (Å²) < 4.78 is 5.72. The number of nitrogens with one attached hydrogen (secondary N) is 1. The second-order valence-electron chi connectivity index (χ2n) is 6.47. The van der Waals surface area contributed by atoms with Crippen LogP contribution < -0.4 is 5.32 Å². The van der Waals surface area contributed by atoms with Crippen molar-refractivity contribution in [1.82, 2.24) is 10.2 Å². The maximum absolute atomic E-state index is 5.72. The van der Waals surface area contributed by atoms with Crippen molar-refractivity contribution in [2.75, 3.05) is 32.8 Å². The quantitative estimate of drug-likeness (QED) is 0.901. The van der Waals surface area contributed by atoms with Crippen molar-refractivity contribution in [2.24, 2.45) is 5.92 Å². The van der Waals surface area contributed by atoms with E-state index in [1.165, 1.54) is 31.4 Å². The Labute approximate surface area is 128 Å². The number of rotatable bonds is 5. The maximum Gasteiger partial charge on any atom is 0.0623 e. The van der Waals surface area contributed by atoms with Crippen LogP contribution in [0.2, 0.25) is 0 Å². The molecule has 2 heterocycles. The molecule has 3 heteroatoms. The van der Waals surface area contributed by atoms with Crippen LogP contribution in [0.5, 0.6) is 0 Å². The highest BCUT2D eigenvalue weighted by Gasteiger charge is 2.29. The summed E-state index contributed by atoms with van der Waals surface area (Å²) in [6, 6.07) is 9.48. The lowest BCUT2D eigenvalue weighted by molar-refractivity contribution is 0.165. The standard InChI is InChI=1S/C18H28N2O/c1-2-9-19-18-14-21-13-17(18)12-20-10-5-8-15-6-3-4-7-16(15)11-20/h3-4,6-7,17-19H,2,5,8-14H2,1H3. The van der Waals surface area contributed by atoms with Crippen LogP contribution in [0.15, 0.2) is 24.3 Å². The predicted molar refractivity (Wildman–Crippen MR) is 86.4 cm³/mol. The summed E-state index contributed by atoms with van der Waals surface area (Å²) in [7, 11) is 0. The van der Waals surface area contributed by atoms with Crippen molar-refractivity contribution >= 4 is 0 Å². The van der Waals surface area contributed by atoms with E-state index >= 15 is 0 Å². The molecule has 1 fully saturated rings.